The van der Waals surface area contributed by atoms with E-state index in [2.05, 4.69) is 68.4 Å². The Morgan fingerprint density at radius 3 is 1.52 bits per heavy atom. The zero-order valence-electron chi connectivity index (χ0n) is 17.6. The number of benzene rings is 2. The van der Waals surface area contributed by atoms with Crippen molar-refractivity contribution in [1.82, 2.24) is 0 Å². The highest BCUT2D eigenvalue weighted by Gasteiger charge is 2.33. The van der Waals surface area contributed by atoms with Gasteiger partial charge in [0.15, 0.2) is 0 Å². The third-order valence-corrected chi connectivity index (χ3v) is 5.90. The fraction of sp³-hybridized carbons (Fsp3) is 0.333. The van der Waals surface area contributed by atoms with Crippen LogP contribution < -0.4 is 0 Å². The van der Waals surface area contributed by atoms with Crippen molar-refractivity contribution in [2.45, 2.75) is 52.9 Å². The highest BCUT2D eigenvalue weighted by atomic mass is 14.4. The van der Waals surface area contributed by atoms with Crippen LogP contribution in [0.2, 0.25) is 0 Å². The maximum Gasteiger partial charge on any atom is 0.0973 e. The van der Waals surface area contributed by atoms with Gasteiger partial charge in [-0.2, -0.15) is 10.5 Å². The van der Waals surface area contributed by atoms with Gasteiger partial charge in [0.05, 0.1) is 18.1 Å². The van der Waals surface area contributed by atoms with Gasteiger partial charge in [-0.25, -0.2) is 0 Å². The molecule has 2 aromatic carbocycles. The van der Waals surface area contributed by atoms with Crippen LogP contribution in [-0.2, 0) is 12.8 Å². The summed E-state index contributed by atoms with van der Waals surface area (Å²) < 4.78 is 0. The van der Waals surface area contributed by atoms with Crippen molar-refractivity contribution in [3.05, 3.63) is 81.9 Å². The molecular weight excluding hydrogens is 352 g/mol. The summed E-state index contributed by atoms with van der Waals surface area (Å²) in [6.45, 7) is 6.25. The van der Waals surface area contributed by atoms with E-state index in [-0.39, 0.29) is 5.92 Å². The lowest BCUT2D eigenvalue weighted by atomic mass is 9.82. The number of rotatable bonds is 4. The Balaban J connectivity index is 0.000000552. The second kappa shape index (κ2) is 9.40. The highest BCUT2D eigenvalue weighted by molar-refractivity contribution is 5.92. The van der Waals surface area contributed by atoms with Gasteiger partial charge in [0.1, 0.15) is 0 Å². The third-order valence-electron chi connectivity index (χ3n) is 5.90. The molecule has 0 atom stereocenters. The van der Waals surface area contributed by atoms with Crippen molar-refractivity contribution in [1.29, 1.82) is 10.5 Å². The van der Waals surface area contributed by atoms with E-state index in [0.29, 0.717) is 6.42 Å². The maximum atomic E-state index is 10.2. The molecule has 0 heterocycles. The van der Waals surface area contributed by atoms with E-state index in [9.17, 15) is 5.26 Å². The number of allylic oxidation sites excluding steroid dienone is 4. The van der Waals surface area contributed by atoms with Crippen LogP contribution >= 0.6 is 0 Å². The van der Waals surface area contributed by atoms with E-state index in [1.165, 1.54) is 44.5 Å². The molecule has 2 aliphatic rings. The van der Waals surface area contributed by atoms with Gasteiger partial charge in [-0.05, 0) is 59.1 Å². The van der Waals surface area contributed by atoms with E-state index in [1.807, 2.05) is 13.0 Å². The van der Waals surface area contributed by atoms with Crippen molar-refractivity contribution in [2.24, 2.45) is 5.92 Å². The molecule has 2 aromatic rings. The van der Waals surface area contributed by atoms with Crippen molar-refractivity contribution >= 4 is 11.1 Å². The summed E-state index contributed by atoms with van der Waals surface area (Å²) in [4.78, 5) is 0. The molecule has 2 heteroatoms. The van der Waals surface area contributed by atoms with Gasteiger partial charge in [-0.3, -0.25) is 0 Å². The zero-order chi connectivity index (χ0) is 20.8. The van der Waals surface area contributed by atoms with Crippen LogP contribution in [0.3, 0.4) is 0 Å². The van der Waals surface area contributed by atoms with Gasteiger partial charge in [-0.15, -0.1) is 0 Å². The van der Waals surface area contributed by atoms with E-state index >= 15 is 0 Å². The minimum Gasteiger partial charge on any atom is -0.198 e. The predicted octanol–water partition coefficient (Wildman–Crippen LogP) is 6.89. The minimum absolute atomic E-state index is 0.155. The Kier molecular flexibility index (Phi) is 6.69. The molecule has 0 fully saturated rings. The van der Waals surface area contributed by atoms with Crippen LogP contribution in [0, 0.1) is 28.6 Å². The SMILES string of the molecule is CCC#N.CCC1=C(C(C#N)C2=C(CC)Cc3ccccc32)c2ccccc2C1. The van der Waals surface area contributed by atoms with E-state index in [4.69, 9.17) is 5.26 Å². The first-order chi connectivity index (χ1) is 14.2. The molecule has 0 aromatic heterocycles. The molecule has 0 bridgehead atoms. The summed E-state index contributed by atoms with van der Waals surface area (Å²) in [5, 5.41) is 17.8. The number of hydrogen-bond donors (Lipinski definition) is 0. The van der Waals surface area contributed by atoms with E-state index in [1.54, 1.807) is 0 Å². The van der Waals surface area contributed by atoms with Crippen LogP contribution in [0.1, 0.15) is 62.3 Å². The lowest BCUT2D eigenvalue weighted by Gasteiger charge is -2.19. The molecule has 0 spiro atoms. The Bertz CT molecular complexity index is 969. The number of fused-ring (bicyclic) bond motifs is 2. The second-order valence-electron chi connectivity index (χ2n) is 7.48. The first-order valence-electron chi connectivity index (χ1n) is 10.6. The van der Waals surface area contributed by atoms with Crippen molar-refractivity contribution in [3.8, 4) is 12.1 Å². The smallest absolute Gasteiger partial charge is 0.0973 e. The van der Waals surface area contributed by atoms with Crippen LogP contribution in [0.4, 0.5) is 0 Å². The second-order valence-corrected chi connectivity index (χ2v) is 7.48. The largest absolute Gasteiger partial charge is 0.198 e. The molecular formula is C27H28N2. The molecule has 0 saturated heterocycles. The fourth-order valence-electron chi connectivity index (χ4n) is 4.53. The Hall–Kier alpha value is -3.10. The first kappa shape index (κ1) is 20.6. The Morgan fingerprint density at radius 1 is 0.759 bits per heavy atom. The minimum atomic E-state index is -0.155. The molecule has 0 radical (unpaired) electrons. The topological polar surface area (TPSA) is 47.6 Å². The van der Waals surface area contributed by atoms with Gasteiger partial charge >= 0.3 is 0 Å². The normalized spacial score (nSPS) is 14.1. The predicted molar refractivity (Wildman–Crippen MR) is 120 cm³/mol. The number of nitrogens with zero attached hydrogens (tertiary/aromatic N) is 2. The van der Waals surface area contributed by atoms with Crippen LogP contribution in [0.5, 0.6) is 0 Å². The highest BCUT2D eigenvalue weighted by Crippen LogP contribution is 2.48. The van der Waals surface area contributed by atoms with Crippen molar-refractivity contribution in [3.63, 3.8) is 0 Å². The lowest BCUT2D eigenvalue weighted by molar-refractivity contribution is 0.992. The number of hydrogen-bond acceptors (Lipinski definition) is 2. The van der Waals surface area contributed by atoms with Crippen LogP contribution in [-0.4, -0.2) is 0 Å². The third kappa shape index (κ3) is 3.90. The summed E-state index contributed by atoms with van der Waals surface area (Å²) in [6.07, 6.45) is 4.64. The lowest BCUT2D eigenvalue weighted by Crippen LogP contribution is -2.06. The summed E-state index contributed by atoms with van der Waals surface area (Å²) in [5.41, 5.74) is 10.7. The van der Waals surface area contributed by atoms with Crippen LogP contribution in [0.25, 0.3) is 11.1 Å². The van der Waals surface area contributed by atoms with Gasteiger partial charge in [0.2, 0.25) is 0 Å². The van der Waals surface area contributed by atoms with Gasteiger partial charge in [-0.1, -0.05) is 80.4 Å². The first-order valence-corrected chi connectivity index (χ1v) is 10.6. The molecule has 0 unspecified atom stereocenters. The number of nitriles is 2. The molecule has 0 amide bonds. The summed E-state index contributed by atoms with van der Waals surface area (Å²) in [5.74, 6) is -0.155. The average molecular weight is 381 g/mol. The fourth-order valence-corrected chi connectivity index (χ4v) is 4.53. The molecule has 29 heavy (non-hydrogen) atoms. The van der Waals surface area contributed by atoms with Crippen molar-refractivity contribution < 1.29 is 0 Å². The molecule has 2 nitrogen and oxygen atoms in total. The molecule has 4 rings (SSSR count). The van der Waals surface area contributed by atoms with Crippen molar-refractivity contribution in [2.75, 3.05) is 0 Å². The standard InChI is InChI=1S/C24H23N.C3H5N/c1-3-16-13-18-9-5-7-11-20(18)23(16)22(15-25)24-17(4-2)14-19-10-6-8-12-21(19)24;1-2-3-4/h5-12,22H,3-4,13-14H2,1-2H3;2H2,1H3. The molecule has 2 aliphatic carbocycles. The van der Waals surface area contributed by atoms with E-state index in [0.717, 1.165) is 25.7 Å². The van der Waals surface area contributed by atoms with E-state index < -0.39 is 0 Å². The zero-order valence-corrected chi connectivity index (χ0v) is 17.6. The summed E-state index contributed by atoms with van der Waals surface area (Å²) in [6, 6.07) is 21.9. The quantitative estimate of drug-likeness (QED) is 0.580. The molecule has 0 aliphatic heterocycles. The van der Waals surface area contributed by atoms with Gasteiger partial charge < -0.3 is 0 Å². The monoisotopic (exact) mass is 380 g/mol. The average Bonchev–Trinajstić information content (AvgIpc) is 3.33. The van der Waals surface area contributed by atoms with Gasteiger partial charge in [0.25, 0.3) is 0 Å². The maximum absolute atomic E-state index is 10.2. The Labute approximate surface area is 174 Å². The van der Waals surface area contributed by atoms with Crippen LogP contribution in [0.15, 0.2) is 59.7 Å². The molecule has 0 saturated carbocycles. The summed E-state index contributed by atoms with van der Waals surface area (Å²) in [7, 11) is 0. The summed E-state index contributed by atoms with van der Waals surface area (Å²) >= 11 is 0. The Morgan fingerprint density at radius 2 is 1.17 bits per heavy atom. The van der Waals surface area contributed by atoms with Gasteiger partial charge in [0, 0.05) is 6.42 Å². The molecule has 146 valence electrons. The molecule has 0 N–H and O–H groups in total.